The highest BCUT2D eigenvalue weighted by Gasteiger charge is 2.29. The topological polar surface area (TPSA) is 69.5 Å². The lowest BCUT2D eigenvalue weighted by atomic mass is 10.0. The summed E-state index contributed by atoms with van der Waals surface area (Å²) in [5.74, 6) is 1.52. The molecular weight excluding hydrogens is 440 g/mol. The molecule has 3 heterocycles. The Morgan fingerprint density at radius 2 is 1.91 bits per heavy atom. The molecule has 0 spiro atoms. The fourth-order valence-electron chi connectivity index (χ4n) is 4.90. The molecule has 2 aromatic heterocycles. The van der Waals surface area contributed by atoms with Crippen LogP contribution >= 0.6 is 0 Å². The molecule has 1 aliphatic heterocycles. The molecule has 2 aromatic carbocycles. The Balaban J connectivity index is 1.31. The van der Waals surface area contributed by atoms with E-state index >= 15 is 0 Å². The van der Waals surface area contributed by atoms with Gasteiger partial charge in [-0.25, -0.2) is 9.67 Å². The van der Waals surface area contributed by atoms with E-state index in [1.807, 2.05) is 39.9 Å². The number of aryl methyl sites for hydroxylation is 1. The van der Waals surface area contributed by atoms with Crippen molar-refractivity contribution < 1.29 is 14.3 Å². The zero-order chi connectivity index (χ0) is 24.2. The van der Waals surface area contributed by atoms with Crippen LogP contribution in [0.3, 0.4) is 0 Å². The molecule has 1 unspecified atom stereocenters. The first-order valence-corrected chi connectivity index (χ1v) is 12.0. The van der Waals surface area contributed by atoms with E-state index in [1.54, 1.807) is 26.6 Å². The molecule has 0 radical (unpaired) electrons. The number of amides is 1. The summed E-state index contributed by atoms with van der Waals surface area (Å²) in [6.07, 6.45) is 7.51. The Morgan fingerprint density at radius 1 is 1.06 bits per heavy atom. The van der Waals surface area contributed by atoms with Crippen molar-refractivity contribution >= 4 is 16.9 Å². The Kier molecular flexibility index (Phi) is 6.66. The van der Waals surface area contributed by atoms with Crippen molar-refractivity contribution in [2.45, 2.75) is 38.3 Å². The first-order valence-electron chi connectivity index (χ1n) is 12.0. The third kappa shape index (κ3) is 4.85. The van der Waals surface area contributed by atoms with Crippen molar-refractivity contribution in [2.75, 3.05) is 20.8 Å². The molecular formula is C28H30N4O3. The van der Waals surface area contributed by atoms with Crippen LogP contribution in [0.5, 0.6) is 11.5 Å². The molecule has 0 N–H and O–H groups in total. The zero-order valence-corrected chi connectivity index (χ0v) is 20.2. The average Bonchev–Trinajstić information content (AvgIpc) is 3.54. The van der Waals surface area contributed by atoms with Gasteiger partial charge in [0.2, 0.25) is 0 Å². The molecule has 7 heteroatoms. The highest BCUT2D eigenvalue weighted by molar-refractivity contribution is 5.97. The summed E-state index contributed by atoms with van der Waals surface area (Å²) in [7, 11) is 3.27. The van der Waals surface area contributed by atoms with Crippen LogP contribution in [0.15, 0.2) is 67.0 Å². The van der Waals surface area contributed by atoms with Crippen molar-refractivity contribution in [3.05, 3.63) is 83.7 Å². The Labute approximate surface area is 205 Å². The van der Waals surface area contributed by atoms with Gasteiger partial charge in [-0.2, -0.15) is 5.10 Å². The summed E-state index contributed by atoms with van der Waals surface area (Å²) in [4.78, 5) is 20.0. The predicted octanol–water partition coefficient (Wildman–Crippen LogP) is 4.73. The fourth-order valence-corrected chi connectivity index (χ4v) is 4.90. The molecule has 1 aliphatic rings. The van der Waals surface area contributed by atoms with E-state index in [1.165, 1.54) is 5.56 Å². The summed E-state index contributed by atoms with van der Waals surface area (Å²) in [6, 6.07) is 18.4. The Morgan fingerprint density at radius 3 is 2.71 bits per heavy atom. The van der Waals surface area contributed by atoms with Gasteiger partial charge in [-0.1, -0.05) is 30.3 Å². The largest absolute Gasteiger partial charge is 0.497 e. The van der Waals surface area contributed by atoms with E-state index < -0.39 is 0 Å². The van der Waals surface area contributed by atoms with Crippen LogP contribution in [-0.4, -0.2) is 52.4 Å². The predicted molar refractivity (Wildman–Crippen MR) is 135 cm³/mol. The molecule has 0 bridgehead atoms. The van der Waals surface area contributed by atoms with Crippen molar-refractivity contribution in [1.29, 1.82) is 0 Å². The minimum absolute atomic E-state index is 0.0551. The smallest absolute Gasteiger partial charge is 0.255 e. The molecule has 5 rings (SSSR count). The number of nitrogens with zero attached hydrogens (tertiary/aromatic N) is 4. The Hall–Kier alpha value is -3.87. The van der Waals surface area contributed by atoms with Crippen LogP contribution in [-0.2, 0) is 13.0 Å². The normalized spacial score (nSPS) is 15.5. The molecule has 0 aliphatic carbocycles. The van der Waals surface area contributed by atoms with Crippen LogP contribution in [0.1, 0.15) is 40.7 Å². The minimum Gasteiger partial charge on any atom is -0.497 e. The SMILES string of the molecule is COc1ccc(Cn2ncc3cc(C(=O)N4CCCC4CCc4ccccc4)cnc32)c(OC)c1. The van der Waals surface area contributed by atoms with E-state index in [4.69, 9.17) is 9.47 Å². The molecule has 1 saturated heterocycles. The van der Waals surface area contributed by atoms with Gasteiger partial charge in [-0.3, -0.25) is 4.79 Å². The van der Waals surface area contributed by atoms with Crippen molar-refractivity contribution in [3.63, 3.8) is 0 Å². The zero-order valence-electron chi connectivity index (χ0n) is 20.2. The number of aromatic nitrogens is 3. The van der Waals surface area contributed by atoms with E-state index in [0.29, 0.717) is 12.1 Å². The van der Waals surface area contributed by atoms with Crippen molar-refractivity contribution in [2.24, 2.45) is 0 Å². The van der Waals surface area contributed by atoms with Gasteiger partial charge in [0.25, 0.3) is 5.91 Å². The number of carbonyl (C=O) groups is 1. The lowest BCUT2D eigenvalue weighted by Crippen LogP contribution is -2.35. The summed E-state index contributed by atoms with van der Waals surface area (Å²) in [5, 5.41) is 5.38. The second-order valence-electron chi connectivity index (χ2n) is 8.94. The third-order valence-electron chi connectivity index (χ3n) is 6.78. The van der Waals surface area contributed by atoms with Crippen LogP contribution in [0.4, 0.5) is 0 Å². The van der Waals surface area contributed by atoms with Gasteiger partial charge in [0.05, 0.1) is 32.5 Å². The quantitative estimate of drug-likeness (QED) is 0.372. The molecule has 7 nitrogen and oxygen atoms in total. The molecule has 1 amide bonds. The standard InChI is InChI=1S/C28H30N4O3/c1-34-25-13-11-21(26(16-25)35-2)19-32-27-22(18-30-32)15-23(17-29-27)28(33)31-14-6-9-24(31)12-10-20-7-4-3-5-8-20/h3-5,7-8,11,13,15-18,24H,6,9-10,12,14,19H2,1-2H3. The maximum atomic E-state index is 13.4. The van der Waals surface area contributed by atoms with Crippen LogP contribution in [0, 0.1) is 0 Å². The maximum Gasteiger partial charge on any atom is 0.255 e. The fraction of sp³-hybridized carbons (Fsp3) is 0.321. The number of benzene rings is 2. The second kappa shape index (κ2) is 10.2. The molecule has 35 heavy (non-hydrogen) atoms. The first-order chi connectivity index (χ1) is 17.2. The molecule has 180 valence electrons. The van der Waals surface area contributed by atoms with Gasteiger partial charge in [-0.15, -0.1) is 0 Å². The third-order valence-corrected chi connectivity index (χ3v) is 6.78. The number of fused-ring (bicyclic) bond motifs is 1. The molecule has 4 aromatic rings. The minimum atomic E-state index is 0.0551. The van der Waals surface area contributed by atoms with Gasteiger partial charge in [0, 0.05) is 35.8 Å². The summed E-state index contributed by atoms with van der Waals surface area (Å²) < 4.78 is 12.6. The van der Waals surface area contributed by atoms with Crippen LogP contribution in [0.2, 0.25) is 0 Å². The average molecular weight is 471 g/mol. The highest BCUT2D eigenvalue weighted by Crippen LogP contribution is 2.27. The van der Waals surface area contributed by atoms with Gasteiger partial charge >= 0.3 is 0 Å². The lowest BCUT2D eigenvalue weighted by molar-refractivity contribution is 0.0730. The van der Waals surface area contributed by atoms with Gasteiger partial charge in [0.1, 0.15) is 11.5 Å². The lowest BCUT2D eigenvalue weighted by Gasteiger charge is -2.25. The second-order valence-corrected chi connectivity index (χ2v) is 8.94. The summed E-state index contributed by atoms with van der Waals surface area (Å²) >= 11 is 0. The number of ether oxygens (including phenoxy) is 2. The molecule has 0 saturated carbocycles. The number of hydrogen-bond donors (Lipinski definition) is 0. The van der Waals surface area contributed by atoms with Gasteiger partial charge in [-0.05, 0) is 49.4 Å². The molecule has 1 atom stereocenters. The van der Waals surface area contributed by atoms with E-state index in [2.05, 4.69) is 34.3 Å². The Bertz CT molecular complexity index is 1320. The van der Waals surface area contributed by atoms with Crippen LogP contribution in [0.25, 0.3) is 11.0 Å². The van der Waals surface area contributed by atoms with Gasteiger partial charge in [0.15, 0.2) is 5.65 Å². The van der Waals surface area contributed by atoms with E-state index in [0.717, 1.165) is 60.3 Å². The number of hydrogen-bond acceptors (Lipinski definition) is 5. The van der Waals surface area contributed by atoms with Crippen molar-refractivity contribution in [3.8, 4) is 11.5 Å². The summed E-state index contributed by atoms with van der Waals surface area (Å²) in [5.41, 5.74) is 3.64. The van der Waals surface area contributed by atoms with E-state index in [9.17, 15) is 4.79 Å². The number of rotatable bonds is 8. The first kappa shape index (κ1) is 22.9. The number of pyridine rings is 1. The number of likely N-dealkylation sites (tertiary alicyclic amines) is 1. The van der Waals surface area contributed by atoms with E-state index in [-0.39, 0.29) is 11.9 Å². The number of carbonyl (C=O) groups excluding carboxylic acids is 1. The van der Waals surface area contributed by atoms with Crippen molar-refractivity contribution in [1.82, 2.24) is 19.7 Å². The summed E-state index contributed by atoms with van der Waals surface area (Å²) in [6.45, 7) is 1.30. The highest BCUT2D eigenvalue weighted by atomic mass is 16.5. The molecule has 1 fully saturated rings. The van der Waals surface area contributed by atoms with Gasteiger partial charge < -0.3 is 14.4 Å². The van der Waals surface area contributed by atoms with Crippen LogP contribution < -0.4 is 9.47 Å². The maximum absolute atomic E-state index is 13.4. The monoisotopic (exact) mass is 470 g/mol. The number of methoxy groups -OCH3 is 2.